The Labute approximate surface area is 106 Å². The van der Waals surface area contributed by atoms with E-state index in [9.17, 15) is 13.6 Å². The highest BCUT2D eigenvalue weighted by Crippen LogP contribution is 2.22. The first-order valence-electron chi connectivity index (χ1n) is 4.96. The fourth-order valence-electron chi connectivity index (χ4n) is 1.32. The highest BCUT2D eigenvalue weighted by atomic mass is 35.5. The first-order valence-corrected chi connectivity index (χ1v) is 5.33. The average Bonchev–Trinajstić information content (AvgIpc) is 2.35. The Morgan fingerprint density at radius 2 is 1.89 bits per heavy atom. The lowest BCUT2D eigenvalue weighted by atomic mass is 10.3. The molecule has 0 saturated heterocycles. The third-order valence-corrected chi connectivity index (χ3v) is 2.44. The molecule has 0 aliphatic carbocycles. The molecule has 6 heteroatoms. The summed E-state index contributed by atoms with van der Waals surface area (Å²) in [6.07, 6.45) is 0. The number of anilines is 1. The maximum Gasteiger partial charge on any atom is 0.274 e. The van der Waals surface area contributed by atoms with Crippen molar-refractivity contribution in [3.63, 3.8) is 0 Å². The Balaban J connectivity index is 2.24. The van der Waals surface area contributed by atoms with Crippen LogP contribution >= 0.6 is 11.6 Å². The summed E-state index contributed by atoms with van der Waals surface area (Å²) in [7, 11) is 0. The zero-order valence-corrected chi connectivity index (χ0v) is 9.71. The molecule has 2 aromatic rings. The van der Waals surface area contributed by atoms with Gasteiger partial charge in [-0.15, -0.1) is 0 Å². The van der Waals surface area contributed by atoms with Crippen LogP contribution in [0, 0.1) is 11.8 Å². The van der Waals surface area contributed by atoms with Crippen molar-refractivity contribution in [2.75, 3.05) is 5.32 Å². The molecule has 0 saturated carbocycles. The smallest absolute Gasteiger partial charge is 0.274 e. The van der Waals surface area contributed by atoms with E-state index in [0.717, 1.165) is 6.07 Å². The summed E-state index contributed by atoms with van der Waals surface area (Å²) in [4.78, 5) is 15.1. The van der Waals surface area contributed by atoms with Crippen LogP contribution in [-0.2, 0) is 0 Å². The molecule has 3 nitrogen and oxygen atoms in total. The predicted molar refractivity (Wildman–Crippen MR) is 63.6 cm³/mol. The van der Waals surface area contributed by atoms with Crippen LogP contribution in [0.5, 0.6) is 0 Å². The van der Waals surface area contributed by atoms with E-state index in [0.29, 0.717) is 0 Å². The molecule has 1 aromatic heterocycles. The standard InChI is InChI=1S/C12H7ClF2N2O/c13-7-3-1-4-8(11(7)15)17-12(18)9-5-2-6-10(14)16-9/h1-6H,(H,17,18). The minimum absolute atomic E-state index is 0.0847. The van der Waals surface area contributed by atoms with E-state index in [1.165, 1.54) is 30.3 Å². The number of hydrogen-bond donors (Lipinski definition) is 1. The summed E-state index contributed by atoms with van der Waals surface area (Å²) in [6.45, 7) is 0. The number of benzene rings is 1. The number of carbonyl (C=O) groups excluding carboxylic acids is 1. The van der Waals surface area contributed by atoms with Gasteiger partial charge in [0, 0.05) is 0 Å². The molecule has 2 rings (SSSR count). The van der Waals surface area contributed by atoms with E-state index in [1.54, 1.807) is 0 Å². The number of amides is 1. The highest BCUT2D eigenvalue weighted by molar-refractivity contribution is 6.31. The van der Waals surface area contributed by atoms with Crippen LogP contribution in [0.4, 0.5) is 14.5 Å². The van der Waals surface area contributed by atoms with Gasteiger partial charge in [0.1, 0.15) is 5.69 Å². The predicted octanol–water partition coefficient (Wildman–Crippen LogP) is 3.27. The summed E-state index contributed by atoms with van der Waals surface area (Å²) in [5.74, 6) is -2.24. The van der Waals surface area contributed by atoms with Crippen LogP contribution in [-0.4, -0.2) is 10.9 Å². The van der Waals surface area contributed by atoms with E-state index in [2.05, 4.69) is 10.3 Å². The molecule has 92 valence electrons. The molecule has 1 aromatic carbocycles. The number of halogens is 3. The van der Waals surface area contributed by atoms with Crippen molar-refractivity contribution in [3.05, 3.63) is 58.9 Å². The SMILES string of the molecule is O=C(Nc1cccc(Cl)c1F)c1cccc(F)n1. The Hall–Kier alpha value is -2.01. The molecule has 18 heavy (non-hydrogen) atoms. The molecule has 0 atom stereocenters. The van der Waals surface area contributed by atoms with Gasteiger partial charge < -0.3 is 5.32 Å². The van der Waals surface area contributed by atoms with Crippen LogP contribution in [0.2, 0.25) is 5.02 Å². The monoisotopic (exact) mass is 268 g/mol. The van der Waals surface area contributed by atoms with Gasteiger partial charge in [-0.2, -0.15) is 4.39 Å². The van der Waals surface area contributed by atoms with Gasteiger partial charge in [-0.3, -0.25) is 4.79 Å². The van der Waals surface area contributed by atoms with Gasteiger partial charge in [0.15, 0.2) is 5.82 Å². The van der Waals surface area contributed by atoms with Crippen LogP contribution in [0.1, 0.15) is 10.5 Å². The van der Waals surface area contributed by atoms with Crippen molar-refractivity contribution < 1.29 is 13.6 Å². The van der Waals surface area contributed by atoms with Gasteiger partial charge in [0.2, 0.25) is 5.95 Å². The first-order chi connectivity index (χ1) is 8.58. The van der Waals surface area contributed by atoms with Crippen molar-refractivity contribution in [1.29, 1.82) is 0 Å². The Kier molecular flexibility index (Phi) is 3.53. The fourth-order valence-corrected chi connectivity index (χ4v) is 1.50. The van der Waals surface area contributed by atoms with Crippen molar-refractivity contribution >= 4 is 23.2 Å². The lowest BCUT2D eigenvalue weighted by molar-refractivity contribution is 0.102. The van der Waals surface area contributed by atoms with Crippen molar-refractivity contribution in [3.8, 4) is 0 Å². The molecular weight excluding hydrogens is 262 g/mol. The van der Waals surface area contributed by atoms with Gasteiger partial charge in [0.25, 0.3) is 5.91 Å². The van der Waals surface area contributed by atoms with Crippen LogP contribution in [0.25, 0.3) is 0 Å². The summed E-state index contributed by atoms with van der Waals surface area (Å²) in [6, 6.07) is 7.95. The van der Waals surface area contributed by atoms with E-state index in [4.69, 9.17) is 11.6 Å². The lowest BCUT2D eigenvalue weighted by Crippen LogP contribution is -2.15. The van der Waals surface area contributed by atoms with Gasteiger partial charge in [-0.25, -0.2) is 9.37 Å². The minimum atomic E-state index is -0.783. The molecular formula is C12H7ClF2N2O. The fraction of sp³-hybridized carbons (Fsp3) is 0. The number of nitrogens with zero attached hydrogens (tertiary/aromatic N) is 1. The van der Waals surface area contributed by atoms with Gasteiger partial charge >= 0.3 is 0 Å². The molecule has 1 heterocycles. The number of hydrogen-bond acceptors (Lipinski definition) is 2. The number of rotatable bonds is 2. The quantitative estimate of drug-likeness (QED) is 0.850. The molecule has 0 fully saturated rings. The van der Waals surface area contributed by atoms with Crippen LogP contribution < -0.4 is 5.32 Å². The maximum absolute atomic E-state index is 13.5. The summed E-state index contributed by atoms with van der Waals surface area (Å²) < 4.78 is 26.3. The largest absolute Gasteiger partial charge is 0.318 e. The second-order valence-electron chi connectivity index (χ2n) is 3.40. The molecule has 0 unspecified atom stereocenters. The Bertz CT molecular complexity index is 604. The first kappa shape index (κ1) is 12.4. The second kappa shape index (κ2) is 5.10. The van der Waals surface area contributed by atoms with E-state index in [-0.39, 0.29) is 16.4 Å². The summed E-state index contributed by atoms with van der Waals surface area (Å²) >= 11 is 5.57. The van der Waals surface area contributed by atoms with Gasteiger partial charge in [-0.1, -0.05) is 23.7 Å². The number of aromatic nitrogens is 1. The van der Waals surface area contributed by atoms with Crippen molar-refractivity contribution in [2.24, 2.45) is 0 Å². The molecule has 0 radical (unpaired) electrons. The highest BCUT2D eigenvalue weighted by Gasteiger charge is 2.12. The summed E-state index contributed by atoms with van der Waals surface area (Å²) in [5, 5.41) is 2.16. The van der Waals surface area contributed by atoms with Crippen molar-refractivity contribution in [1.82, 2.24) is 4.98 Å². The molecule has 1 amide bonds. The molecule has 1 N–H and O–H groups in total. The molecule has 0 spiro atoms. The van der Waals surface area contributed by atoms with Crippen LogP contribution in [0.3, 0.4) is 0 Å². The molecule has 0 aliphatic heterocycles. The zero-order valence-electron chi connectivity index (χ0n) is 8.95. The third kappa shape index (κ3) is 2.62. The zero-order chi connectivity index (χ0) is 13.1. The molecule has 0 bridgehead atoms. The Morgan fingerprint density at radius 3 is 2.61 bits per heavy atom. The van der Waals surface area contributed by atoms with Crippen molar-refractivity contribution in [2.45, 2.75) is 0 Å². The number of pyridine rings is 1. The Morgan fingerprint density at radius 1 is 1.17 bits per heavy atom. The van der Waals surface area contributed by atoms with Gasteiger partial charge in [0.05, 0.1) is 10.7 Å². The van der Waals surface area contributed by atoms with Crippen LogP contribution in [0.15, 0.2) is 36.4 Å². The van der Waals surface area contributed by atoms with E-state index >= 15 is 0 Å². The molecule has 0 aliphatic rings. The number of nitrogens with one attached hydrogen (secondary N) is 1. The average molecular weight is 269 g/mol. The van der Waals surface area contributed by atoms with Gasteiger partial charge in [-0.05, 0) is 24.3 Å². The lowest BCUT2D eigenvalue weighted by Gasteiger charge is -2.06. The minimum Gasteiger partial charge on any atom is -0.318 e. The second-order valence-corrected chi connectivity index (χ2v) is 3.81. The maximum atomic E-state index is 13.5. The number of carbonyl (C=O) groups is 1. The normalized spacial score (nSPS) is 10.2. The topological polar surface area (TPSA) is 42.0 Å². The summed E-state index contributed by atoms with van der Waals surface area (Å²) in [5.41, 5.74) is -0.229. The van der Waals surface area contributed by atoms with E-state index in [1.807, 2.05) is 0 Å². The van der Waals surface area contributed by atoms with E-state index < -0.39 is 17.7 Å². The third-order valence-electron chi connectivity index (χ3n) is 2.15.